The average molecular weight is 125 g/mol. The highest BCUT2D eigenvalue weighted by Gasteiger charge is 1.93. The zero-order valence-corrected chi connectivity index (χ0v) is 5.37. The number of hydrogen-bond acceptors (Lipinski definition) is 1. The molecule has 0 aliphatic rings. The second-order valence-corrected chi connectivity index (χ2v) is 1.98. The van der Waals surface area contributed by atoms with Crippen molar-refractivity contribution in [2.24, 2.45) is 7.05 Å². The second-order valence-electron chi connectivity index (χ2n) is 1.98. The van der Waals surface area contributed by atoms with Crippen molar-refractivity contribution in [2.45, 2.75) is 6.42 Å². The van der Waals surface area contributed by atoms with Gasteiger partial charge in [-0.3, -0.25) is 0 Å². The van der Waals surface area contributed by atoms with Gasteiger partial charge in [-0.05, 0) is 0 Å². The van der Waals surface area contributed by atoms with E-state index in [0.717, 1.165) is 5.69 Å². The summed E-state index contributed by atoms with van der Waals surface area (Å²) in [6.45, 7) is -0.0724. The van der Waals surface area contributed by atoms with Crippen LogP contribution in [0.3, 0.4) is 0 Å². The summed E-state index contributed by atoms with van der Waals surface area (Å²) < 4.78 is 1.84. The van der Waals surface area contributed by atoms with E-state index in [-0.39, 0.29) is 6.61 Å². The Kier molecular flexibility index (Phi) is 1.85. The predicted octanol–water partition coefficient (Wildman–Crippen LogP) is 0.393. The van der Waals surface area contributed by atoms with Crippen molar-refractivity contribution < 1.29 is 5.11 Å². The first-order valence-electron chi connectivity index (χ1n) is 2.88. The number of aryl methyl sites for hydroxylation is 1. The van der Waals surface area contributed by atoms with Gasteiger partial charge in [-0.1, -0.05) is 0 Å². The Morgan fingerprint density at radius 1 is 1.78 bits per heavy atom. The van der Waals surface area contributed by atoms with Crippen LogP contribution in [0, 0.1) is 0 Å². The highest BCUT2D eigenvalue weighted by atomic mass is 16.3. The molecule has 9 heavy (non-hydrogen) atoms. The van der Waals surface area contributed by atoms with Crippen molar-refractivity contribution in [3.63, 3.8) is 0 Å². The van der Waals surface area contributed by atoms with Gasteiger partial charge in [0.1, 0.15) is 0 Å². The Hall–Kier alpha value is -0.830. The third-order valence-electron chi connectivity index (χ3n) is 1.12. The zero-order valence-electron chi connectivity index (χ0n) is 5.37. The molecule has 0 saturated heterocycles. The summed E-state index contributed by atoms with van der Waals surface area (Å²) in [5.74, 6) is 0. The van der Waals surface area contributed by atoms with Gasteiger partial charge in [0, 0.05) is 19.7 Å². The fraction of sp³-hybridized carbons (Fsp3) is 0.500. The van der Waals surface area contributed by atoms with E-state index in [2.05, 4.69) is 4.98 Å². The van der Waals surface area contributed by atoms with Gasteiger partial charge in [-0.25, -0.2) is 10.1 Å². The van der Waals surface area contributed by atoms with Crippen molar-refractivity contribution in [3.05, 3.63) is 18.2 Å². The first-order valence-corrected chi connectivity index (χ1v) is 2.88. The van der Waals surface area contributed by atoms with Crippen molar-refractivity contribution in [1.82, 2.24) is 9.55 Å². The summed E-state index contributed by atoms with van der Waals surface area (Å²) in [6.07, 6.45) is 4.10. The fourth-order valence-electron chi connectivity index (χ4n) is 0.701. The number of imidazole rings is 1. The Bertz CT molecular complexity index is 183. The number of hydrogen-bond donors (Lipinski definition) is 0. The molecular formula is C6H9N2O. The SMILES string of the molecule is Cn1cnc(CC[O])c1. The van der Waals surface area contributed by atoms with Gasteiger partial charge < -0.3 is 4.57 Å². The van der Waals surface area contributed by atoms with Crippen molar-refractivity contribution in [1.29, 1.82) is 0 Å². The van der Waals surface area contributed by atoms with Crippen LogP contribution in [-0.4, -0.2) is 16.2 Å². The van der Waals surface area contributed by atoms with E-state index < -0.39 is 0 Å². The Labute approximate surface area is 54.0 Å². The molecule has 1 heterocycles. The molecule has 0 unspecified atom stereocenters. The lowest BCUT2D eigenvalue weighted by molar-refractivity contribution is 0.196. The molecule has 0 N–H and O–H groups in total. The van der Waals surface area contributed by atoms with Gasteiger partial charge in [0.15, 0.2) is 0 Å². The topological polar surface area (TPSA) is 37.7 Å². The van der Waals surface area contributed by atoms with Gasteiger partial charge in [-0.15, -0.1) is 0 Å². The van der Waals surface area contributed by atoms with E-state index in [1.165, 1.54) is 0 Å². The molecule has 1 rings (SSSR count). The standard InChI is InChI=1S/C6H9N2O/c1-8-4-6(2-3-9)7-5-8/h4-5H,2-3H2,1H3. The molecular weight excluding hydrogens is 116 g/mol. The van der Waals surface area contributed by atoms with Crippen molar-refractivity contribution in [2.75, 3.05) is 6.61 Å². The zero-order chi connectivity index (χ0) is 6.69. The molecule has 0 atom stereocenters. The van der Waals surface area contributed by atoms with Crippen LogP contribution in [-0.2, 0) is 18.6 Å². The lowest BCUT2D eigenvalue weighted by Gasteiger charge is -1.84. The Morgan fingerprint density at radius 3 is 3.00 bits per heavy atom. The van der Waals surface area contributed by atoms with Crippen molar-refractivity contribution in [3.8, 4) is 0 Å². The van der Waals surface area contributed by atoms with Crippen LogP contribution in [0.1, 0.15) is 5.69 Å². The summed E-state index contributed by atoms with van der Waals surface area (Å²) >= 11 is 0. The molecule has 0 fully saturated rings. The van der Waals surface area contributed by atoms with E-state index in [9.17, 15) is 5.11 Å². The minimum Gasteiger partial charge on any atom is -0.340 e. The van der Waals surface area contributed by atoms with Crippen LogP contribution in [0.4, 0.5) is 0 Å². The molecule has 0 bridgehead atoms. The number of rotatable bonds is 2. The summed E-state index contributed by atoms with van der Waals surface area (Å²) in [5, 5.41) is 10.1. The Morgan fingerprint density at radius 2 is 2.56 bits per heavy atom. The predicted molar refractivity (Wildman–Crippen MR) is 32.5 cm³/mol. The van der Waals surface area contributed by atoms with E-state index in [4.69, 9.17) is 0 Å². The van der Waals surface area contributed by atoms with Gasteiger partial charge in [0.05, 0.1) is 18.6 Å². The lowest BCUT2D eigenvalue weighted by atomic mass is 10.4. The summed E-state index contributed by atoms with van der Waals surface area (Å²) in [7, 11) is 1.89. The molecule has 0 spiro atoms. The van der Waals surface area contributed by atoms with Gasteiger partial charge in [0.2, 0.25) is 0 Å². The fourth-order valence-corrected chi connectivity index (χ4v) is 0.701. The smallest absolute Gasteiger partial charge is 0.0946 e. The maximum absolute atomic E-state index is 10.1. The van der Waals surface area contributed by atoms with E-state index >= 15 is 0 Å². The summed E-state index contributed by atoms with van der Waals surface area (Å²) in [6, 6.07) is 0. The highest BCUT2D eigenvalue weighted by Crippen LogP contribution is 1.93. The minimum atomic E-state index is -0.0724. The van der Waals surface area contributed by atoms with E-state index in [0.29, 0.717) is 6.42 Å². The minimum absolute atomic E-state index is 0.0724. The Balaban J connectivity index is 2.61. The average Bonchev–Trinajstić information content (AvgIpc) is 2.17. The largest absolute Gasteiger partial charge is 0.340 e. The molecule has 3 nitrogen and oxygen atoms in total. The molecule has 1 radical (unpaired) electrons. The highest BCUT2D eigenvalue weighted by molar-refractivity contribution is 4.95. The molecule has 0 aliphatic heterocycles. The first kappa shape index (κ1) is 6.29. The molecule has 49 valence electrons. The number of aromatic nitrogens is 2. The van der Waals surface area contributed by atoms with Gasteiger partial charge in [0.25, 0.3) is 0 Å². The van der Waals surface area contributed by atoms with Crippen molar-refractivity contribution >= 4 is 0 Å². The van der Waals surface area contributed by atoms with Crippen LogP contribution in [0.25, 0.3) is 0 Å². The quantitative estimate of drug-likeness (QED) is 0.563. The maximum Gasteiger partial charge on any atom is 0.0946 e. The third-order valence-corrected chi connectivity index (χ3v) is 1.12. The molecule has 3 heteroatoms. The first-order chi connectivity index (χ1) is 4.33. The van der Waals surface area contributed by atoms with Crippen LogP contribution in [0.15, 0.2) is 12.5 Å². The van der Waals surface area contributed by atoms with E-state index in [1.807, 2.05) is 17.8 Å². The second kappa shape index (κ2) is 2.64. The molecule has 0 amide bonds. The van der Waals surface area contributed by atoms with Crippen LogP contribution in [0.2, 0.25) is 0 Å². The maximum atomic E-state index is 10.1. The lowest BCUT2D eigenvalue weighted by Crippen LogP contribution is -1.88. The van der Waals surface area contributed by atoms with Crippen LogP contribution in [0.5, 0.6) is 0 Å². The molecule has 1 aromatic rings. The molecule has 0 aliphatic carbocycles. The van der Waals surface area contributed by atoms with Crippen LogP contribution < -0.4 is 0 Å². The van der Waals surface area contributed by atoms with E-state index in [1.54, 1.807) is 6.33 Å². The summed E-state index contributed by atoms with van der Waals surface area (Å²) in [4.78, 5) is 3.97. The van der Waals surface area contributed by atoms with Gasteiger partial charge >= 0.3 is 0 Å². The molecule has 1 aromatic heterocycles. The molecule has 0 saturated carbocycles. The van der Waals surface area contributed by atoms with Crippen LogP contribution >= 0.6 is 0 Å². The van der Waals surface area contributed by atoms with Gasteiger partial charge in [-0.2, -0.15) is 0 Å². The normalized spacial score (nSPS) is 10.0. The monoisotopic (exact) mass is 125 g/mol. The number of nitrogens with zero attached hydrogens (tertiary/aromatic N) is 2. The molecule has 0 aromatic carbocycles. The third kappa shape index (κ3) is 1.54. The summed E-state index contributed by atoms with van der Waals surface area (Å²) in [5.41, 5.74) is 0.882.